The molecule has 0 saturated heterocycles. The number of benzene rings is 1. The molecule has 0 aliphatic rings. The molecule has 0 radical (unpaired) electrons. The number of aliphatic hydroxyl groups is 1. The van der Waals surface area contributed by atoms with Crippen LogP contribution in [0.4, 0.5) is 5.69 Å². The summed E-state index contributed by atoms with van der Waals surface area (Å²) in [6.45, 7) is 2.72. The first-order valence-electron chi connectivity index (χ1n) is 7.45. The monoisotopic (exact) mass is 318 g/mol. The van der Waals surface area contributed by atoms with E-state index in [4.69, 9.17) is 5.11 Å². The number of carbonyl (C=O) groups excluding carboxylic acids is 1. The molecule has 1 unspecified atom stereocenters. The van der Waals surface area contributed by atoms with Crippen molar-refractivity contribution in [2.45, 2.75) is 32.4 Å². The summed E-state index contributed by atoms with van der Waals surface area (Å²) in [5.74, 6) is -0.0557. The van der Waals surface area contributed by atoms with E-state index in [1.807, 2.05) is 31.2 Å². The Morgan fingerprint density at radius 2 is 2.00 bits per heavy atom. The molecule has 0 spiro atoms. The highest BCUT2D eigenvalue weighted by atomic mass is 32.1. The molecule has 0 aliphatic carbocycles. The summed E-state index contributed by atoms with van der Waals surface area (Å²) in [7, 11) is 0. The zero-order chi connectivity index (χ0) is 15.8. The van der Waals surface area contributed by atoms with E-state index >= 15 is 0 Å². The van der Waals surface area contributed by atoms with E-state index in [0.29, 0.717) is 6.42 Å². The van der Waals surface area contributed by atoms with Gasteiger partial charge in [-0.05, 0) is 46.5 Å². The quantitative estimate of drug-likeness (QED) is 0.701. The van der Waals surface area contributed by atoms with Crippen molar-refractivity contribution >= 4 is 22.9 Å². The summed E-state index contributed by atoms with van der Waals surface area (Å²) in [5.41, 5.74) is 3.27. The predicted octanol–water partition coefficient (Wildman–Crippen LogP) is 2.79. The molecule has 5 heteroatoms. The fourth-order valence-corrected chi connectivity index (χ4v) is 2.75. The number of amides is 1. The van der Waals surface area contributed by atoms with E-state index in [2.05, 4.69) is 27.5 Å². The zero-order valence-electron chi connectivity index (χ0n) is 12.7. The fourth-order valence-electron chi connectivity index (χ4n) is 2.08. The van der Waals surface area contributed by atoms with Gasteiger partial charge in [0.05, 0.1) is 19.1 Å². The van der Waals surface area contributed by atoms with Crippen molar-refractivity contribution in [3.05, 3.63) is 52.2 Å². The first-order valence-corrected chi connectivity index (χ1v) is 8.39. The summed E-state index contributed by atoms with van der Waals surface area (Å²) >= 11 is 1.69. The molecule has 1 heterocycles. The normalized spacial score (nSPS) is 11.9. The molecule has 1 aromatic heterocycles. The van der Waals surface area contributed by atoms with E-state index in [0.717, 1.165) is 24.2 Å². The third-order valence-electron chi connectivity index (χ3n) is 3.47. The van der Waals surface area contributed by atoms with Crippen LogP contribution in [0.15, 0.2) is 41.1 Å². The lowest BCUT2D eigenvalue weighted by Gasteiger charge is -2.14. The molecule has 0 saturated carbocycles. The van der Waals surface area contributed by atoms with E-state index in [-0.39, 0.29) is 18.6 Å². The molecule has 0 aliphatic heterocycles. The van der Waals surface area contributed by atoms with Gasteiger partial charge in [0.1, 0.15) is 0 Å². The topological polar surface area (TPSA) is 61.4 Å². The van der Waals surface area contributed by atoms with E-state index in [9.17, 15) is 4.79 Å². The van der Waals surface area contributed by atoms with Gasteiger partial charge in [0.15, 0.2) is 0 Å². The summed E-state index contributed by atoms with van der Waals surface area (Å²) in [5, 5.41) is 19.4. The van der Waals surface area contributed by atoms with Gasteiger partial charge in [-0.25, -0.2) is 0 Å². The van der Waals surface area contributed by atoms with Crippen LogP contribution in [0, 0.1) is 0 Å². The number of nitrogens with one attached hydrogen (secondary N) is 2. The van der Waals surface area contributed by atoms with Crippen molar-refractivity contribution < 1.29 is 9.90 Å². The maximum Gasteiger partial charge on any atom is 0.224 e. The molecule has 0 fully saturated rings. The Balaban J connectivity index is 1.82. The Bertz CT molecular complexity index is 563. The Hall–Kier alpha value is -1.85. The average molecular weight is 318 g/mol. The predicted molar refractivity (Wildman–Crippen MR) is 91.1 cm³/mol. The van der Waals surface area contributed by atoms with Gasteiger partial charge < -0.3 is 15.7 Å². The van der Waals surface area contributed by atoms with Gasteiger partial charge in [-0.1, -0.05) is 19.1 Å². The van der Waals surface area contributed by atoms with Crippen molar-refractivity contribution in [1.29, 1.82) is 0 Å². The smallest absolute Gasteiger partial charge is 0.224 e. The van der Waals surface area contributed by atoms with Crippen molar-refractivity contribution in [2.24, 2.45) is 0 Å². The van der Waals surface area contributed by atoms with Gasteiger partial charge in [-0.2, -0.15) is 11.3 Å². The van der Waals surface area contributed by atoms with E-state index in [1.165, 1.54) is 5.56 Å². The summed E-state index contributed by atoms with van der Waals surface area (Å²) in [6.07, 6.45) is 1.06. The van der Waals surface area contributed by atoms with Crippen LogP contribution in [0.2, 0.25) is 0 Å². The van der Waals surface area contributed by atoms with Gasteiger partial charge in [0, 0.05) is 12.2 Å². The lowest BCUT2D eigenvalue weighted by atomic mass is 10.1. The highest BCUT2D eigenvalue weighted by Crippen LogP contribution is 2.13. The van der Waals surface area contributed by atoms with Gasteiger partial charge in [0.25, 0.3) is 0 Å². The maximum atomic E-state index is 11.9. The molecule has 118 valence electrons. The SMILES string of the molecule is CCC(CO)NC(=O)Cc1ccc(NCc2ccsc2)cc1. The van der Waals surface area contributed by atoms with Crippen LogP contribution < -0.4 is 10.6 Å². The Morgan fingerprint density at radius 3 is 2.59 bits per heavy atom. The van der Waals surface area contributed by atoms with Gasteiger partial charge in [0.2, 0.25) is 5.91 Å². The number of thiophene rings is 1. The molecule has 0 bridgehead atoms. The van der Waals surface area contributed by atoms with Crippen molar-refractivity contribution in [2.75, 3.05) is 11.9 Å². The fraction of sp³-hybridized carbons (Fsp3) is 0.353. The number of hydrogen-bond donors (Lipinski definition) is 3. The number of hydrogen-bond acceptors (Lipinski definition) is 4. The number of carbonyl (C=O) groups is 1. The molecule has 2 rings (SSSR count). The maximum absolute atomic E-state index is 11.9. The third kappa shape index (κ3) is 5.16. The van der Waals surface area contributed by atoms with Crippen LogP contribution in [0.3, 0.4) is 0 Å². The second-order valence-corrected chi connectivity index (χ2v) is 5.99. The number of anilines is 1. The first kappa shape index (κ1) is 16.5. The largest absolute Gasteiger partial charge is 0.394 e. The average Bonchev–Trinajstić information content (AvgIpc) is 3.05. The van der Waals surface area contributed by atoms with Crippen LogP contribution in [0.25, 0.3) is 0 Å². The number of rotatable bonds is 8. The molecule has 1 atom stereocenters. The Labute approximate surface area is 135 Å². The molecule has 1 amide bonds. The second-order valence-electron chi connectivity index (χ2n) is 5.21. The minimum absolute atomic E-state index is 0.0202. The van der Waals surface area contributed by atoms with Crippen molar-refractivity contribution in [3.63, 3.8) is 0 Å². The number of aliphatic hydroxyl groups excluding tert-OH is 1. The van der Waals surface area contributed by atoms with Crippen LogP contribution in [-0.4, -0.2) is 23.7 Å². The van der Waals surface area contributed by atoms with Gasteiger partial charge in [-0.15, -0.1) is 0 Å². The van der Waals surface area contributed by atoms with E-state index in [1.54, 1.807) is 11.3 Å². The molecule has 22 heavy (non-hydrogen) atoms. The first-order chi connectivity index (χ1) is 10.7. The highest BCUT2D eigenvalue weighted by Gasteiger charge is 2.09. The van der Waals surface area contributed by atoms with Crippen molar-refractivity contribution in [3.8, 4) is 0 Å². The van der Waals surface area contributed by atoms with Gasteiger partial charge >= 0.3 is 0 Å². The molecule has 2 aromatic rings. The van der Waals surface area contributed by atoms with Crippen LogP contribution in [0.5, 0.6) is 0 Å². The lowest BCUT2D eigenvalue weighted by Crippen LogP contribution is -2.37. The van der Waals surface area contributed by atoms with Gasteiger partial charge in [-0.3, -0.25) is 4.79 Å². The molecule has 3 N–H and O–H groups in total. The Morgan fingerprint density at radius 1 is 1.23 bits per heavy atom. The molecular formula is C17H22N2O2S. The van der Waals surface area contributed by atoms with Crippen molar-refractivity contribution in [1.82, 2.24) is 5.32 Å². The second kappa shape index (κ2) is 8.56. The minimum atomic E-state index is -0.154. The van der Waals surface area contributed by atoms with Crippen LogP contribution in [-0.2, 0) is 17.8 Å². The standard InChI is InChI=1S/C17H22N2O2S/c1-2-15(11-20)19-17(21)9-13-3-5-16(6-4-13)18-10-14-7-8-22-12-14/h3-8,12,15,18,20H,2,9-11H2,1H3,(H,19,21). The Kier molecular flexibility index (Phi) is 6.43. The highest BCUT2D eigenvalue weighted by molar-refractivity contribution is 7.07. The zero-order valence-corrected chi connectivity index (χ0v) is 13.5. The third-order valence-corrected chi connectivity index (χ3v) is 4.21. The minimum Gasteiger partial charge on any atom is -0.394 e. The van der Waals surface area contributed by atoms with Crippen LogP contribution >= 0.6 is 11.3 Å². The lowest BCUT2D eigenvalue weighted by molar-refractivity contribution is -0.121. The summed E-state index contributed by atoms with van der Waals surface area (Å²) in [6, 6.07) is 9.82. The molecule has 4 nitrogen and oxygen atoms in total. The van der Waals surface area contributed by atoms with E-state index < -0.39 is 0 Å². The van der Waals surface area contributed by atoms with Crippen LogP contribution in [0.1, 0.15) is 24.5 Å². The summed E-state index contributed by atoms with van der Waals surface area (Å²) in [4.78, 5) is 11.9. The molecular weight excluding hydrogens is 296 g/mol. The summed E-state index contributed by atoms with van der Waals surface area (Å²) < 4.78 is 0. The molecule has 1 aromatic carbocycles.